The molecular formula is C21H33NO4. The van der Waals surface area contributed by atoms with Gasteiger partial charge in [-0.25, -0.2) is 0 Å². The van der Waals surface area contributed by atoms with Crippen molar-refractivity contribution >= 4 is 11.9 Å². The smallest absolute Gasteiger partial charge is 0.326 e. The number of methoxy groups -OCH3 is 1. The minimum atomic E-state index is -0.419. The Morgan fingerprint density at radius 2 is 1.73 bits per heavy atom. The SMILES string of the molecule is CCCc1cc(CC)cc(C(=O)N(CC(=O)OC(C)COC)C(C)C)c1. The zero-order valence-corrected chi connectivity index (χ0v) is 17.0. The van der Waals surface area contributed by atoms with Gasteiger partial charge in [-0.2, -0.15) is 0 Å². The van der Waals surface area contributed by atoms with Gasteiger partial charge >= 0.3 is 5.97 Å². The summed E-state index contributed by atoms with van der Waals surface area (Å²) in [7, 11) is 1.56. The number of carbonyl (C=O) groups excluding carboxylic acids is 2. The summed E-state index contributed by atoms with van der Waals surface area (Å²) in [6.07, 6.45) is 2.50. The number of aryl methyl sites for hydroxylation is 2. The number of nitrogens with zero attached hydrogens (tertiary/aromatic N) is 1. The Morgan fingerprint density at radius 1 is 1.08 bits per heavy atom. The van der Waals surface area contributed by atoms with E-state index in [9.17, 15) is 9.59 Å². The first kappa shape index (κ1) is 22.2. The number of rotatable bonds is 10. The molecule has 0 aliphatic heterocycles. The highest BCUT2D eigenvalue weighted by molar-refractivity contribution is 5.96. The summed E-state index contributed by atoms with van der Waals surface area (Å²) in [5, 5.41) is 0. The average molecular weight is 363 g/mol. The van der Waals surface area contributed by atoms with E-state index in [0.29, 0.717) is 12.2 Å². The number of hydrogen-bond acceptors (Lipinski definition) is 4. The van der Waals surface area contributed by atoms with Crippen molar-refractivity contribution in [3.05, 3.63) is 34.9 Å². The predicted octanol–water partition coefficient (Wildman–Crippen LogP) is 3.63. The molecule has 1 aromatic carbocycles. The fourth-order valence-electron chi connectivity index (χ4n) is 2.85. The van der Waals surface area contributed by atoms with Gasteiger partial charge in [0.1, 0.15) is 12.6 Å². The molecule has 1 amide bonds. The van der Waals surface area contributed by atoms with Crippen LogP contribution in [-0.4, -0.2) is 49.2 Å². The standard InChI is InChI=1S/C21H33NO4/c1-7-9-18-10-17(8-2)11-19(12-18)21(24)22(15(3)4)13-20(23)26-16(5)14-25-6/h10-12,15-16H,7-9,13-14H2,1-6H3. The molecule has 146 valence electrons. The van der Waals surface area contributed by atoms with Crippen LogP contribution >= 0.6 is 0 Å². The molecule has 1 atom stereocenters. The monoisotopic (exact) mass is 363 g/mol. The van der Waals surface area contributed by atoms with E-state index in [-0.39, 0.29) is 24.6 Å². The summed E-state index contributed by atoms with van der Waals surface area (Å²) in [5.41, 5.74) is 2.94. The molecule has 1 unspecified atom stereocenters. The van der Waals surface area contributed by atoms with Crippen LogP contribution < -0.4 is 0 Å². The molecule has 0 N–H and O–H groups in total. The maximum absolute atomic E-state index is 13.1. The zero-order valence-electron chi connectivity index (χ0n) is 17.0. The second-order valence-corrected chi connectivity index (χ2v) is 6.92. The van der Waals surface area contributed by atoms with Gasteiger partial charge in [0.25, 0.3) is 5.91 Å². The minimum absolute atomic E-state index is 0.0655. The molecular weight excluding hydrogens is 330 g/mol. The van der Waals surface area contributed by atoms with Crippen LogP contribution in [0.5, 0.6) is 0 Å². The highest BCUT2D eigenvalue weighted by Gasteiger charge is 2.24. The first-order chi connectivity index (χ1) is 12.3. The molecule has 0 aliphatic carbocycles. The predicted molar refractivity (Wildman–Crippen MR) is 103 cm³/mol. The largest absolute Gasteiger partial charge is 0.459 e. The van der Waals surface area contributed by atoms with E-state index < -0.39 is 5.97 Å². The second kappa shape index (κ2) is 11.0. The molecule has 0 aromatic heterocycles. The Balaban J connectivity index is 2.97. The minimum Gasteiger partial charge on any atom is -0.459 e. The molecule has 0 bridgehead atoms. The highest BCUT2D eigenvalue weighted by atomic mass is 16.6. The van der Waals surface area contributed by atoms with Gasteiger partial charge in [-0.05, 0) is 56.9 Å². The molecule has 26 heavy (non-hydrogen) atoms. The maximum atomic E-state index is 13.1. The van der Waals surface area contributed by atoms with Crippen molar-refractivity contribution in [3.63, 3.8) is 0 Å². The fourth-order valence-corrected chi connectivity index (χ4v) is 2.85. The molecule has 1 aromatic rings. The normalized spacial score (nSPS) is 12.1. The van der Waals surface area contributed by atoms with Crippen molar-refractivity contribution in [2.24, 2.45) is 0 Å². The van der Waals surface area contributed by atoms with Gasteiger partial charge in [0.2, 0.25) is 0 Å². The molecule has 0 saturated heterocycles. The van der Waals surface area contributed by atoms with E-state index in [2.05, 4.69) is 19.9 Å². The third kappa shape index (κ3) is 6.79. The molecule has 1 rings (SSSR count). The Kier molecular flexibility index (Phi) is 9.35. The van der Waals surface area contributed by atoms with Gasteiger partial charge in [0.15, 0.2) is 0 Å². The molecule has 0 aliphatic rings. The molecule has 5 heteroatoms. The molecule has 0 radical (unpaired) electrons. The summed E-state index contributed by atoms with van der Waals surface area (Å²) in [5.74, 6) is -0.555. The van der Waals surface area contributed by atoms with Crippen LogP contribution in [0, 0.1) is 0 Å². The Hall–Kier alpha value is -1.88. The van der Waals surface area contributed by atoms with Gasteiger partial charge < -0.3 is 14.4 Å². The Morgan fingerprint density at radius 3 is 2.27 bits per heavy atom. The van der Waals surface area contributed by atoms with Crippen molar-refractivity contribution in [3.8, 4) is 0 Å². The summed E-state index contributed by atoms with van der Waals surface area (Å²) in [4.78, 5) is 26.8. The van der Waals surface area contributed by atoms with E-state index in [4.69, 9.17) is 9.47 Å². The highest BCUT2D eigenvalue weighted by Crippen LogP contribution is 2.16. The zero-order chi connectivity index (χ0) is 19.7. The number of benzene rings is 1. The van der Waals surface area contributed by atoms with Crippen LogP contribution in [0.1, 0.15) is 62.5 Å². The lowest BCUT2D eigenvalue weighted by molar-refractivity contribution is -0.151. The van der Waals surface area contributed by atoms with Crippen molar-refractivity contribution in [1.82, 2.24) is 4.90 Å². The van der Waals surface area contributed by atoms with Gasteiger partial charge in [0, 0.05) is 18.7 Å². The topological polar surface area (TPSA) is 55.8 Å². The van der Waals surface area contributed by atoms with E-state index in [1.165, 1.54) is 0 Å². The number of ether oxygens (including phenoxy) is 2. The lowest BCUT2D eigenvalue weighted by atomic mass is 10.00. The number of hydrogen-bond donors (Lipinski definition) is 0. The molecule has 0 fully saturated rings. The van der Waals surface area contributed by atoms with Crippen LogP contribution in [0.3, 0.4) is 0 Å². The lowest BCUT2D eigenvalue weighted by Gasteiger charge is -2.27. The van der Waals surface area contributed by atoms with Crippen LogP contribution in [0.4, 0.5) is 0 Å². The first-order valence-corrected chi connectivity index (χ1v) is 9.44. The maximum Gasteiger partial charge on any atom is 0.326 e. The van der Waals surface area contributed by atoms with Crippen molar-refractivity contribution in [2.75, 3.05) is 20.3 Å². The summed E-state index contributed by atoms with van der Waals surface area (Å²) < 4.78 is 10.3. The van der Waals surface area contributed by atoms with Crippen LogP contribution in [-0.2, 0) is 27.1 Å². The van der Waals surface area contributed by atoms with Crippen LogP contribution in [0.25, 0.3) is 0 Å². The van der Waals surface area contributed by atoms with Gasteiger partial charge in [0.05, 0.1) is 6.61 Å². The average Bonchev–Trinajstić information content (AvgIpc) is 2.59. The van der Waals surface area contributed by atoms with Crippen molar-refractivity contribution in [1.29, 1.82) is 0 Å². The van der Waals surface area contributed by atoms with Gasteiger partial charge in [-0.15, -0.1) is 0 Å². The fraction of sp³-hybridized carbons (Fsp3) is 0.619. The summed E-state index contributed by atoms with van der Waals surface area (Å²) in [6.45, 7) is 10.0. The van der Waals surface area contributed by atoms with E-state index in [1.54, 1.807) is 18.9 Å². The third-order valence-corrected chi connectivity index (χ3v) is 4.16. The van der Waals surface area contributed by atoms with E-state index in [0.717, 1.165) is 30.4 Å². The second-order valence-electron chi connectivity index (χ2n) is 6.92. The van der Waals surface area contributed by atoms with Crippen LogP contribution in [0.15, 0.2) is 18.2 Å². The first-order valence-electron chi connectivity index (χ1n) is 9.44. The lowest BCUT2D eigenvalue weighted by Crippen LogP contribution is -2.42. The van der Waals surface area contributed by atoms with Crippen LogP contribution in [0.2, 0.25) is 0 Å². The summed E-state index contributed by atoms with van der Waals surface area (Å²) >= 11 is 0. The molecule has 5 nitrogen and oxygen atoms in total. The van der Waals surface area contributed by atoms with Crippen molar-refractivity contribution < 1.29 is 19.1 Å². The molecule has 0 spiro atoms. The third-order valence-electron chi connectivity index (χ3n) is 4.16. The van der Waals surface area contributed by atoms with Crippen molar-refractivity contribution in [2.45, 2.75) is 66.0 Å². The number of esters is 1. The molecule has 0 heterocycles. The Labute approximate surface area is 157 Å². The number of amides is 1. The molecule has 0 saturated carbocycles. The number of carbonyl (C=O) groups is 2. The van der Waals surface area contributed by atoms with Gasteiger partial charge in [-0.3, -0.25) is 9.59 Å². The summed E-state index contributed by atoms with van der Waals surface area (Å²) in [6, 6.07) is 5.92. The van der Waals surface area contributed by atoms with E-state index in [1.807, 2.05) is 26.0 Å². The quantitative estimate of drug-likeness (QED) is 0.596. The Bertz CT molecular complexity index is 598. The van der Waals surface area contributed by atoms with Gasteiger partial charge in [-0.1, -0.05) is 26.3 Å². The van der Waals surface area contributed by atoms with E-state index >= 15 is 0 Å².